The molecule has 0 aromatic carbocycles. The number of carbonyl (C=O) groups is 3. The molecule has 0 bridgehead atoms. The van der Waals surface area contributed by atoms with Crippen molar-refractivity contribution in [2.45, 2.75) is 19.4 Å². The lowest BCUT2D eigenvalue weighted by Crippen LogP contribution is -2.50. The molecule has 0 aromatic heterocycles. The Labute approximate surface area is 111 Å². The zero-order valence-electron chi connectivity index (χ0n) is 10.8. The molecule has 1 rings (SSSR count). The Morgan fingerprint density at radius 2 is 1.74 bits per heavy atom. The molecule has 0 radical (unpaired) electrons. The summed E-state index contributed by atoms with van der Waals surface area (Å²) in [5, 5.41) is 19.8. The normalized spacial score (nSPS) is 17.6. The lowest BCUT2D eigenvalue weighted by atomic mass is 10.3. The highest BCUT2D eigenvalue weighted by Gasteiger charge is 2.24. The maximum atomic E-state index is 11.8. The van der Waals surface area contributed by atoms with Crippen molar-refractivity contribution in [1.29, 1.82) is 0 Å². The third kappa shape index (κ3) is 4.40. The van der Waals surface area contributed by atoms with Crippen LogP contribution in [0.5, 0.6) is 0 Å². The van der Waals surface area contributed by atoms with Crippen molar-refractivity contribution in [3.05, 3.63) is 0 Å². The standard InChI is InChI=1S/C11H19N3O5/c1-8(16)13-3-2-4-14(6-5-13)11(19)12-9(7-15)10(17)18/h9,15H,2-7H2,1H3,(H,12,19)(H,17,18). The zero-order chi connectivity index (χ0) is 14.4. The van der Waals surface area contributed by atoms with Crippen LogP contribution in [0, 0.1) is 0 Å². The number of carboxylic acids is 1. The molecule has 1 fully saturated rings. The number of hydrogen-bond donors (Lipinski definition) is 3. The highest BCUT2D eigenvalue weighted by Crippen LogP contribution is 2.04. The van der Waals surface area contributed by atoms with Crippen LogP contribution in [-0.4, -0.2) is 76.7 Å². The first-order chi connectivity index (χ1) is 8.95. The SMILES string of the molecule is CC(=O)N1CCCN(C(=O)NC(CO)C(=O)O)CC1. The maximum Gasteiger partial charge on any atom is 0.328 e. The predicted octanol–water partition coefficient (Wildman–Crippen LogP) is -1.30. The minimum absolute atomic E-state index is 0.0407. The lowest BCUT2D eigenvalue weighted by Gasteiger charge is -2.23. The number of rotatable bonds is 3. The number of nitrogens with zero attached hydrogens (tertiary/aromatic N) is 2. The van der Waals surface area contributed by atoms with E-state index < -0.39 is 24.6 Å². The lowest BCUT2D eigenvalue weighted by molar-refractivity contribution is -0.140. The van der Waals surface area contributed by atoms with Crippen molar-refractivity contribution in [2.24, 2.45) is 0 Å². The Morgan fingerprint density at radius 3 is 2.26 bits per heavy atom. The second kappa shape index (κ2) is 6.93. The minimum atomic E-state index is -1.31. The first-order valence-corrected chi connectivity index (χ1v) is 6.10. The van der Waals surface area contributed by atoms with E-state index >= 15 is 0 Å². The van der Waals surface area contributed by atoms with Gasteiger partial charge in [-0.1, -0.05) is 0 Å². The zero-order valence-corrected chi connectivity index (χ0v) is 10.8. The van der Waals surface area contributed by atoms with Crippen molar-refractivity contribution in [1.82, 2.24) is 15.1 Å². The number of aliphatic hydroxyl groups is 1. The topological polar surface area (TPSA) is 110 Å². The van der Waals surface area contributed by atoms with Gasteiger partial charge in [-0.25, -0.2) is 9.59 Å². The van der Waals surface area contributed by atoms with Crippen LogP contribution in [0.25, 0.3) is 0 Å². The number of amides is 3. The fraction of sp³-hybridized carbons (Fsp3) is 0.727. The van der Waals surface area contributed by atoms with Crippen LogP contribution < -0.4 is 5.32 Å². The van der Waals surface area contributed by atoms with Gasteiger partial charge in [-0.15, -0.1) is 0 Å². The molecule has 3 N–H and O–H groups in total. The number of aliphatic hydroxyl groups excluding tert-OH is 1. The van der Waals surface area contributed by atoms with E-state index in [-0.39, 0.29) is 5.91 Å². The number of nitrogens with one attached hydrogen (secondary N) is 1. The van der Waals surface area contributed by atoms with Crippen LogP contribution in [0.4, 0.5) is 4.79 Å². The average molecular weight is 273 g/mol. The van der Waals surface area contributed by atoms with Crippen molar-refractivity contribution in [2.75, 3.05) is 32.8 Å². The number of urea groups is 1. The number of carbonyl (C=O) groups excluding carboxylic acids is 2. The Bertz CT molecular complexity index is 360. The molecule has 1 atom stereocenters. The average Bonchev–Trinajstić information content (AvgIpc) is 2.60. The molecule has 8 nitrogen and oxygen atoms in total. The summed E-state index contributed by atoms with van der Waals surface area (Å²) in [6.07, 6.45) is 0.643. The van der Waals surface area contributed by atoms with Crippen molar-refractivity contribution in [3.8, 4) is 0 Å². The molecule has 19 heavy (non-hydrogen) atoms. The van der Waals surface area contributed by atoms with Gasteiger partial charge in [-0.05, 0) is 6.42 Å². The summed E-state index contributed by atoms with van der Waals surface area (Å²) in [7, 11) is 0. The van der Waals surface area contributed by atoms with E-state index in [1.807, 2.05) is 0 Å². The largest absolute Gasteiger partial charge is 0.480 e. The molecule has 0 aromatic rings. The number of hydrogen-bond acceptors (Lipinski definition) is 4. The fourth-order valence-corrected chi connectivity index (χ4v) is 1.86. The van der Waals surface area contributed by atoms with E-state index in [1.54, 1.807) is 4.90 Å². The highest BCUT2D eigenvalue weighted by atomic mass is 16.4. The van der Waals surface area contributed by atoms with E-state index in [1.165, 1.54) is 11.8 Å². The summed E-state index contributed by atoms with van der Waals surface area (Å²) in [5.74, 6) is -1.32. The molecule has 8 heteroatoms. The third-order valence-electron chi connectivity index (χ3n) is 3.01. The van der Waals surface area contributed by atoms with Crippen molar-refractivity contribution in [3.63, 3.8) is 0 Å². The van der Waals surface area contributed by atoms with Gasteiger partial charge in [0, 0.05) is 33.1 Å². The highest BCUT2D eigenvalue weighted by molar-refractivity contribution is 5.82. The Hall–Kier alpha value is -1.83. The van der Waals surface area contributed by atoms with Crippen LogP contribution in [-0.2, 0) is 9.59 Å². The molecule has 3 amide bonds. The van der Waals surface area contributed by atoms with Gasteiger partial charge >= 0.3 is 12.0 Å². The second-order valence-electron chi connectivity index (χ2n) is 4.37. The van der Waals surface area contributed by atoms with Gasteiger partial charge in [0.15, 0.2) is 6.04 Å². The van der Waals surface area contributed by atoms with E-state index in [2.05, 4.69) is 5.32 Å². The minimum Gasteiger partial charge on any atom is -0.480 e. The molecule has 1 heterocycles. The Balaban J connectivity index is 2.53. The smallest absolute Gasteiger partial charge is 0.328 e. The Morgan fingerprint density at radius 1 is 1.16 bits per heavy atom. The third-order valence-corrected chi connectivity index (χ3v) is 3.01. The second-order valence-corrected chi connectivity index (χ2v) is 4.37. The number of aliphatic carboxylic acids is 1. The summed E-state index contributed by atoms with van der Waals surface area (Å²) in [4.78, 5) is 36.9. The van der Waals surface area contributed by atoms with Crippen LogP contribution >= 0.6 is 0 Å². The van der Waals surface area contributed by atoms with Crippen molar-refractivity contribution >= 4 is 17.9 Å². The van der Waals surface area contributed by atoms with Crippen LogP contribution in [0.3, 0.4) is 0 Å². The summed E-state index contributed by atoms with van der Waals surface area (Å²) in [6.45, 7) is 2.63. The van der Waals surface area contributed by atoms with Gasteiger partial charge in [-0.2, -0.15) is 0 Å². The molecule has 1 aliphatic heterocycles. The molecular formula is C11H19N3O5. The van der Waals surface area contributed by atoms with E-state index in [4.69, 9.17) is 10.2 Å². The first-order valence-electron chi connectivity index (χ1n) is 6.10. The summed E-state index contributed by atoms with van der Waals surface area (Å²) in [5.41, 5.74) is 0. The number of carboxylic acid groups (broad SMARTS) is 1. The molecule has 0 aliphatic carbocycles. The molecular weight excluding hydrogens is 254 g/mol. The van der Waals surface area contributed by atoms with E-state index in [0.29, 0.717) is 32.6 Å². The van der Waals surface area contributed by atoms with Crippen LogP contribution in [0.2, 0.25) is 0 Å². The molecule has 0 saturated carbocycles. The van der Waals surface area contributed by atoms with Gasteiger partial charge in [0.05, 0.1) is 6.61 Å². The monoisotopic (exact) mass is 273 g/mol. The first kappa shape index (κ1) is 15.2. The summed E-state index contributed by atoms with van der Waals surface area (Å²) in [6, 6.07) is -1.84. The molecule has 0 spiro atoms. The van der Waals surface area contributed by atoms with E-state index in [0.717, 1.165) is 0 Å². The van der Waals surface area contributed by atoms with Crippen LogP contribution in [0.15, 0.2) is 0 Å². The van der Waals surface area contributed by atoms with Gasteiger partial charge in [-0.3, -0.25) is 4.79 Å². The molecule has 1 unspecified atom stereocenters. The quantitative estimate of drug-likeness (QED) is 0.591. The molecule has 1 saturated heterocycles. The van der Waals surface area contributed by atoms with Gasteiger partial charge < -0.3 is 25.3 Å². The van der Waals surface area contributed by atoms with Gasteiger partial charge in [0.1, 0.15) is 0 Å². The fourth-order valence-electron chi connectivity index (χ4n) is 1.86. The molecule has 108 valence electrons. The van der Waals surface area contributed by atoms with E-state index in [9.17, 15) is 14.4 Å². The summed E-state index contributed by atoms with van der Waals surface area (Å²) >= 11 is 0. The summed E-state index contributed by atoms with van der Waals surface area (Å²) < 4.78 is 0. The van der Waals surface area contributed by atoms with Gasteiger partial charge in [0.2, 0.25) is 5.91 Å². The maximum absolute atomic E-state index is 11.8. The molecule has 1 aliphatic rings. The van der Waals surface area contributed by atoms with Crippen LogP contribution in [0.1, 0.15) is 13.3 Å². The van der Waals surface area contributed by atoms with Crippen molar-refractivity contribution < 1.29 is 24.6 Å². The Kier molecular flexibility index (Phi) is 5.56. The predicted molar refractivity (Wildman–Crippen MR) is 65.5 cm³/mol. The van der Waals surface area contributed by atoms with Gasteiger partial charge in [0.25, 0.3) is 0 Å².